The molecule has 0 heterocycles. The molecule has 0 saturated carbocycles. The highest BCUT2D eigenvalue weighted by molar-refractivity contribution is 6.04. The Hall–Kier alpha value is -2.12. The first kappa shape index (κ1) is 21.9. The van der Waals surface area contributed by atoms with E-state index in [0.717, 1.165) is 0 Å². The summed E-state index contributed by atoms with van der Waals surface area (Å²) in [5, 5.41) is 7.78. The summed E-state index contributed by atoms with van der Waals surface area (Å²) in [6.07, 6.45) is 0. The van der Waals surface area contributed by atoms with Gasteiger partial charge in [-0.05, 0) is 25.0 Å². The van der Waals surface area contributed by atoms with Crippen LogP contribution in [0.25, 0.3) is 0 Å². The van der Waals surface area contributed by atoms with Gasteiger partial charge in [0.05, 0.1) is 23.8 Å². The minimum Gasteiger partial charge on any atom is -0.352 e. The van der Waals surface area contributed by atoms with E-state index in [1.54, 1.807) is 24.3 Å². The number of para-hydroxylation sites is 1. The van der Waals surface area contributed by atoms with Crippen LogP contribution in [0.1, 0.15) is 31.1 Å². The van der Waals surface area contributed by atoms with E-state index >= 15 is 0 Å². The van der Waals surface area contributed by atoms with Crippen LogP contribution in [0.15, 0.2) is 24.3 Å². The molecule has 1 rings (SSSR count). The van der Waals surface area contributed by atoms with E-state index in [0.29, 0.717) is 17.8 Å². The summed E-state index contributed by atoms with van der Waals surface area (Å²) in [4.78, 5) is 35.6. The van der Waals surface area contributed by atoms with Crippen molar-refractivity contribution >= 4 is 35.8 Å². The van der Waals surface area contributed by atoms with E-state index in [4.69, 9.17) is 5.73 Å². The second-order valence-corrected chi connectivity index (χ2v) is 5.44. The first-order valence-electron chi connectivity index (χ1n) is 7.57. The third-order valence-corrected chi connectivity index (χ3v) is 3.23. The first-order valence-corrected chi connectivity index (χ1v) is 7.57. The van der Waals surface area contributed by atoms with Gasteiger partial charge < -0.3 is 21.7 Å². The number of rotatable bonds is 7. The quantitative estimate of drug-likeness (QED) is 0.581. The van der Waals surface area contributed by atoms with Crippen LogP contribution >= 0.6 is 12.4 Å². The Morgan fingerprint density at radius 1 is 1.12 bits per heavy atom. The number of nitrogens with one attached hydrogen (secondary N) is 3. The zero-order valence-electron chi connectivity index (χ0n) is 14.1. The Labute approximate surface area is 148 Å². The molecule has 5 N–H and O–H groups in total. The van der Waals surface area contributed by atoms with E-state index < -0.39 is 11.9 Å². The first-order chi connectivity index (χ1) is 10.9. The van der Waals surface area contributed by atoms with Gasteiger partial charge in [0.1, 0.15) is 0 Å². The molecule has 3 amide bonds. The summed E-state index contributed by atoms with van der Waals surface area (Å²) in [6.45, 7) is 5.75. The van der Waals surface area contributed by atoms with Crippen molar-refractivity contribution in [3.63, 3.8) is 0 Å². The maximum atomic E-state index is 11.9. The fraction of sp³-hybridized carbons (Fsp3) is 0.438. The molecule has 1 aromatic carbocycles. The number of amides is 3. The SMILES string of the molecule is CCNC(=O)c1ccccc1NC(=O)CNC(=O)[C@@H](N)C(C)C.Cl. The number of nitrogens with two attached hydrogens (primary N) is 1. The van der Waals surface area contributed by atoms with Gasteiger partial charge in [0.2, 0.25) is 11.8 Å². The molecule has 0 aromatic heterocycles. The monoisotopic (exact) mass is 356 g/mol. The molecule has 7 nitrogen and oxygen atoms in total. The van der Waals surface area contributed by atoms with Crippen molar-refractivity contribution in [1.29, 1.82) is 0 Å². The van der Waals surface area contributed by atoms with Crippen molar-refractivity contribution < 1.29 is 14.4 Å². The van der Waals surface area contributed by atoms with Gasteiger partial charge in [-0.25, -0.2) is 0 Å². The Balaban J connectivity index is 0.00000529. The lowest BCUT2D eigenvalue weighted by atomic mass is 10.1. The van der Waals surface area contributed by atoms with Crippen LogP contribution in [0.5, 0.6) is 0 Å². The third-order valence-electron chi connectivity index (χ3n) is 3.23. The zero-order valence-corrected chi connectivity index (χ0v) is 14.9. The van der Waals surface area contributed by atoms with Crippen LogP contribution in [0.3, 0.4) is 0 Å². The molecule has 0 saturated heterocycles. The molecular weight excluding hydrogens is 332 g/mol. The molecular formula is C16H25ClN4O3. The van der Waals surface area contributed by atoms with E-state index in [1.807, 2.05) is 20.8 Å². The van der Waals surface area contributed by atoms with Crippen molar-refractivity contribution in [2.24, 2.45) is 11.7 Å². The number of hydrogen-bond donors (Lipinski definition) is 4. The molecule has 0 unspecified atom stereocenters. The summed E-state index contributed by atoms with van der Waals surface area (Å²) in [5.41, 5.74) is 6.46. The predicted molar refractivity (Wildman–Crippen MR) is 96.2 cm³/mol. The summed E-state index contributed by atoms with van der Waals surface area (Å²) in [6, 6.07) is 6.01. The highest BCUT2D eigenvalue weighted by Gasteiger charge is 2.18. The van der Waals surface area contributed by atoms with Gasteiger partial charge in [0.25, 0.3) is 5.91 Å². The second kappa shape index (κ2) is 10.6. The van der Waals surface area contributed by atoms with E-state index in [-0.39, 0.29) is 36.7 Å². The lowest BCUT2D eigenvalue weighted by Crippen LogP contribution is -2.46. The fourth-order valence-electron chi connectivity index (χ4n) is 1.83. The van der Waals surface area contributed by atoms with Crippen LogP contribution in [-0.2, 0) is 9.59 Å². The normalized spacial score (nSPS) is 11.2. The number of benzene rings is 1. The van der Waals surface area contributed by atoms with Crippen molar-refractivity contribution in [1.82, 2.24) is 10.6 Å². The maximum absolute atomic E-state index is 11.9. The van der Waals surface area contributed by atoms with Gasteiger partial charge in [-0.3, -0.25) is 14.4 Å². The van der Waals surface area contributed by atoms with Gasteiger partial charge in [-0.2, -0.15) is 0 Å². The van der Waals surface area contributed by atoms with Gasteiger partial charge >= 0.3 is 0 Å². The zero-order chi connectivity index (χ0) is 17.4. The van der Waals surface area contributed by atoms with Gasteiger partial charge in [0, 0.05) is 6.54 Å². The van der Waals surface area contributed by atoms with Crippen molar-refractivity contribution in [2.45, 2.75) is 26.8 Å². The van der Waals surface area contributed by atoms with Crippen LogP contribution in [-0.4, -0.2) is 36.9 Å². The molecule has 8 heteroatoms. The molecule has 0 fully saturated rings. The Morgan fingerprint density at radius 3 is 2.33 bits per heavy atom. The molecule has 0 aliphatic heterocycles. The maximum Gasteiger partial charge on any atom is 0.253 e. The van der Waals surface area contributed by atoms with E-state index in [9.17, 15) is 14.4 Å². The molecule has 0 spiro atoms. The second-order valence-electron chi connectivity index (χ2n) is 5.44. The van der Waals surface area contributed by atoms with Crippen LogP contribution in [0.4, 0.5) is 5.69 Å². The minimum absolute atomic E-state index is 0. The fourth-order valence-corrected chi connectivity index (χ4v) is 1.83. The highest BCUT2D eigenvalue weighted by atomic mass is 35.5. The number of hydrogen-bond acceptors (Lipinski definition) is 4. The topological polar surface area (TPSA) is 113 Å². The summed E-state index contributed by atoms with van der Waals surface area (Å²) >= 11 is 0. The number of carbonyl (C=O) groups is 3. The van der Waals surface area contributed by atoms with Crippen molar-refractivity contribution in [3.05, 3.63) is 29.8 Å². The van der Waals surface area contributed by atoms with Crippen LogP contribution < -0.4 is 21.7 Å². The smallest absolute Gasteiger partial charge is 0.253 e. The third kappa shape index (κ3) is 6.55. The molecule has 134 valence electrons. The van der Waals surface area contributed by atoms with Gasteiger partial charge in [0.15, 0.2) is 0 Å². The molecule has 1 atom stereocenters. The lowest BCUT2D eigenvalue weighted by Gasteiger charge is -2.15. The predicted octanol–water partition coefficient (Wildman–Crippen LogP) is 0.896. The highest BCUT2D eigenvalue weighted by Crippen LogP contribution is 2.14. The van der Waals surface area contributed by atoms with Gasteiger partial charge in [-0.15, -0.1) is 12.4 Å². The standard InChI is InChI=1S/C16H24N4O3.ClH/c1-4-18-15(22)11-7-5-6-8-12(11)20-13(21)9-19-16(23)14(17)10(2)3;/h5-8,10,14H,4,9,17H2,1-3H3,(H,18,22)(H,19,23)(H,20,21);1H/t14-;/m0./s1. The largest absolute Gasteiger partial charge is 0.352 e. The van der Waals surface area contributed by atoms with Crippen LogP contribution in [0.2, 0.25) is 0 Å². The van der Waals surface area contributed by atoms with Crippen LogP contribution in [0, 0.1) is 5.92 Å². The Morgan fingerprint density at radius 2 is 1.75 bits per heavy atom. The molecule has 0 radical (unpaired) electrons. The van der Waals surface area contributed by atoms with Crippen molar-refractivity contribution in [3.8, 4) is 0 Å². The number of halogens is 1. The summed E-state index contributed by atoms with van der Waals surface area (Å²) < 4.78 is 0. The lowest BCUT2D eigenvalue weighted by molar-refractivity contribution is -0.125. The van der Waals surface area contributed by atoms with Gasteiger partial charge in [-0.1, -0.05) is 26.0 Å². The Kier molecular flexibility index (Phi) is 9.68. The Bertz CT molecular complexity index is 578. The average Bonchev–Trinajstić information content (AvgIpc) is 2.52. The molecule has 1 aromatic rings. The average molecular weight is 357 g/mol. The van der Waals surface area contributed by atoms with E-state index in [2.05, 4.69) is 16.0 Å². The number of anilines is 1. The molecule has 0 aliphatic rings. The van der Waals surface area contributed by atoms with Crippen molar-refractivity contribution in [2.75, 3.05) is 18.4 Å². The summed E-state index contributed by atoms with van der Waals surface area (Å²) in [5.74, 6) is -1.09. The minimum atomic E-state index is -0.662. The molecule has 0 bridgehead atoms. The summed E-state index contributed by atoms with van der Waals surface area (Å²) in [7, 11) is 0. The molecule has 0 aliphatic carbocycles. The van der Waals surface area contributed by atoms with E-state index in [1.165, 1.54) is 0 Å². The number of carbonyl (C=O) groups excluding carboxylic acids is 3. The molecule has 24 heavy (non-hydrogen) atoms.